The van der Waals surface area contributed by atoms with Gasteiger partial charge in [-0.1, -0.05) is 12.1 Å². The zero-order chi connectivity index (χ0) is 30.3. The molecule has 0 aromatic heterocycles. The smallest absolute Gasteiger partial charge is 0.296 e. The second-order valence-corrected chi connectivity index (χ2v) is 12.7. The summed E-state index contributed by atoms with van der Waals surface area (Å²) in [6.07, 6.45) is 0. The van der Waals surface area contributed by atoms with Crippen molar-refractivity contribution in [1.82, 2.24) is 0 Å². The number of rotatable bonds is 7. The van der Waals surface area contributed by atoms with Crippen LogP contribution >= 0.6 is 10.9 Å². The van der Waals surface area contributed by atoms with E-state index in [1.165, 1.54) is 42.5 Å². The fraction of sp³-hybridized carbons (Fsp3) is 0.0435. The summed E-state index contributed by atoms with van der Waals surface area (Å²) in [6, 6.07) is 11.8. The van der Waals surface area contributed by atoms with Gasteiger partial charge in [0, 0.05) is 27.9 Å². The first-order chi connectivity index (χ1) is 19.0. The molecule has 0 radical (unpaired) electrons. The van der Waals surface area contributed by atoms with E-state index in [-0.39, 0.29) is 43.8 Å². The number of fused-ring (bicyclic) bond motifs is 1. The summed E-state index contributed by atoms with van der Waals surface area (Å²) in [5, 5.41) is 36.0. The van der Waals surface area contributed by atoms with Gasteiger partial charge in [0.2, 0.25) is 0 Å². The summed E-state index contributed by atoms with van der Waals surface area (Å²) in [6.45, 7) is 1.56. The summed E-state index contributed by atoms with van der Waals surface area (Å²) < 4.78 is 94.8. The third-order valence-corrected chi connectivity index (χ3v) is 8.24. The quantitative estimate of drug-likeness (QED) is 0.0631. The minimum Gasteiger partial charge on any atom is -0.506 e. The van der Waals surface area contributed by atoms with Crippen molar-refractivity contribution < 1.29 is 66.3 Å². The third kappa shape index (κ3) is 7.09. The molecular formula is C23H20N4NiO11S3. The molecule has 0 bridgehead atoms. The van der Waals surface area contributed by atoms with Crippen molar-refractivity contribution in [2.45, 2.75) is 21.6 Å². The van der Waals surface area contributed by atoms with E-state index in [0.29, 0.717) is 5.56 Å². The van der Waals surface area contributed by atoms with E-state index in [2.05, 4.69) is 20.5 Å². The first-order valence-electron chi connectivity index (χ1n) is 11.0. The maximum Gasteiger partial charge on any atom is 0.296 e. The first kappa shape index (κ1) is 33.0. The van der Waals surface area contributed by atoms with Gasteiger partial charge in [-0.15, -0.1) is 10.2 Å². The number of phenols is 2. The van der Waals surface area contributed by atoms with Gasteiger partial charge in [-0.05, 0) is 60.3 Å². The standard InChI is InChI=1S/C23H20N4O11S3.Ni/c1-12-9-17(18(28)11-16(12)25-24-14-5-7-15(8-6-14)39(30,31)32)26-27-22-20(41(36,37)38)10-13-3-2-4-19(40(33,34)35)21(13)23(22)29;/h2-11,28-32H,1H3,(H,33,34,35)(H,36,37,38);. The average molecular weight is 683 g/mol. The van der Waals surface area contributed by atoms with Crippen molar-refractivity contribution in [3.05, 3.63) is 66.2 Å². The Bertz CT molecular complexity index is 1960. The number of hydrogen-bond acceptors (Lipinski definition) is 13. The Kier molecular flexibility index (Phi) is 9.43. The van der Waals surface area contributed by atoms with Crippen LogP contribution in [0.2, 0.25) is 0 Å². The Balaban J connectivity index is 0.00000484. The van der Waals surface area contributed by atoms with E-state index in [1.807, 2.05) is 0 Å². The minimum absolute atomic E-state index is 0. The molecule has 4 aromatic rings. The Hall–Kier alpha value is -3.52. The molecule has 7 N–H and O–H groups in total. The maximum atomic E-state index is 12.0. The molecule has 4 rings (SSSR count). The van der Waals surface area contributed by atoms with Crippen molar-refractivity contribution >= 4 is 64.6 Å². The Morgan fingerprint density at radius 2 is 1.26 bits per heavy atom. The van der Waals surface area contributed by atoms with Gasteiger partial charge in [-0.25, -0.2) is 0 Å². The number of nitrogens with zero attached hydrogens (tertiary/aromatic N) is 4. The van der Waals surface area contributed by atoms with Crippen LogP contribution in [0.15, 0.2) is 95.8 Å². The fourth-order valence-corrected chi connectivity index (χ4v) is 5.53. The van der Waals surface area contributed by atoms with Gasteiger partial charge in [0.1, 0.15) is 37.8 Å². The van der Waals surface area contributed by atoms with E-state index < -0.39 is 63.5 Å². The molecule has 0 aliphatic heterocycles. The topological polar surface area (TPSA) is 259 Å². The Morgan fingerprint density at radius 1 is 0.667 bits per heavy atom. The van der Waals surface area contributed by atoms with Gasteiger partial charge in [0.25, 0.3) is 20.2 Å². The first-order valence-corrected chi connectivity index (χ1v) is 15.4. The number of hydrogen-bond donors (Lipinski definition) is 7. The van der Waals surface area contributed by atoms with Gasteiger partial charge in [-0.2, -0.15) is 27.1 Å². The van der Waals surface area contributed by atoms with Crippen LogP contribution in [0.3, 0.4) is 0 Å². The van der Waals surface area contributed by atoms with Crippen LogP contribution in [0.1, 0.15) is 5.56 Å². The van der Waals surface area contributed by atoms with Crippen molar-refractivity contribution in [2.75, 3.05) is 0 Å². The van der Waals surface area contributed by atoms with Crippen molar-refractivity contribution in [1.29, 1.82) is 0 Å². The average Bonchev–Trinajstić information content (AvgIpc) is 2.87. The molecule has 0 aliphatic carbocycles. The number of benzene rings is 4. The van der Waals surface area contributed by atoms with E-state index in [1.54, 1.807) is 6.92 Å². The molecule has 226 valence electrons. The summed E-state index contributed by atoms with van der Waals surface area (Å²) in [5.74, 6) is -1.53. The minimum atomic E-state index is -5.03. The normalized spacial score (nSPS) is 13.1. The molecule has 0 saturated carbocycles. The number of phenolic OH excluding ortho intramolecular Hbond substituents is 2. The predicted molar refractivity (Wildman–Crippen MR) is 147 cm³/mol. The zero-order valence-corrected chi connectivity index (χ0v) is 24.3. The van der Waals surface area contributed by atoms with Gasteiger partial charge < -0.3 is 23.9 Å². The van der Waals surface area contributed by atoms with E-state index in [0.717, 1.165) is 18.2 Å². The molecule has 42 heavy (non-hydrogen) atoms. The van der Waals surface area contributed by atoms with Crippen molar-refractivity contribution in [3.8, 4) is 11.5 Å². The van der Waals surface area contributed by atoms with E-state index in [9.17, 15) is 49.8 Å². The Labute approximate surface area is 249 Å². The second-order valence-electron chi connectivity index (χ2n) is 8.42. The Morgan fingerprint density at radius 3 is 1.83 bits per heavy atom. The molecule has 0 amide bonds. The van der Waals surface area contributed by atoms with Crippen LogP contribution in [0.4, 0.5) is 22.7 Å². The number of azo groups is 2. The van der Waals surface area contributed by atoms with Gasteiger partial charge in [-0.3, -0.25) is 9.11 Å². The van der Waals surface area contributed by atoms with Crippen molar-refractivity contribution in [2.24, 2.45) is 20.5 Å². The van der Waals surface area contributed by atoms with Crippen LogP contribution in [0, 0.1) is 6.92 Å². The third-order valence-electron chi connectivity index (χ3n) is 5.57. The monoisotopic (exact) mass is 682 g/mol. The van der Waals surface area contributed by atoms with Gasteiger partial charge in [0.15, 0.2) is 5.75 Å². The summed E-state index contributed by atoms with van der Waals surface area (Å²) >= 11 is 0. The van der Waals surface area contributed by atoms with E-state index >= 15 is 0 Å². The zero-order valence-electron chi connectivity index (χ0n) is 20.9. The SMILES string of the molecule is Cc1cc(N=Nc2c(S(=O)(=O)O)cc3cccc(S(=O)(=O)O)c3c2O)c(O)cc1N=Nc1ccc(S(O)(O)O)cc1.[Ni]. The van der Waals surface area contributed by atoms with Crippen LogP contribution in [-0.2, 0) is 36.7 Å². The molecule has 19 heteroatoms. The molecule has 0 saturated heterocycles. The summed E-state index contributed by atoms with van der Waals surface area (Å²) in [7, 11) is -13.8. The van der Waals surface area contributed by atoms with Crippen LogP contribution in [0.25, 0.3) is 10.8 Å². The predicted octanol–water partition coefficient (Wildman–Crippen LogP) is 6.46. The molecule has 0 fully saturated rings. The molecule has 15 nitrogen and oxygen atoms in total. The van der Waals surface area contributed by atoms with Crippen LogP contribution < -0.4 is 0 Å². The largest absolute Gasteiger partial charge is 0.506 e. The van der Waals surface area contributed by atoms with Crippen LogP contribution in [0.5, 0.6) is 11.5 Å². The second kappa shape index (κ2) is 12.0. The van der Waals surface area contributed by atoms with Crippen molar-refractivity contribution in [3.63, 3.8) is 0 Å². The van der Waals surface area contributed by atoms with Gasteiger partial charge in [0.05, 0.1) is 16.3 Å². The number of aryl methyl sites for hydroxylation is 1. The maximum absolute atomic E-state index is 12.0. The molecular weight excluding hydrogens is 663 g/mol. The van der Waals surface area contributed by atoms with Crippen LogP contribution in [-0.4, -0.2) is 49.8 Å². The van der Waals surface area contributed by atoms with E-state index in [4.69, 9.17) is 0 Å². The molecule has 4 aromatic carbocycles. The molecule has 0 spiro atoms. The number of aromatic hydroxyl groups is 2. The van der Waals surface area contributed by atoms with Gasteiger partial charge >= 0.3 is 0 Å². The molecule has 0 aliphatic rings. The fourth-order valence-electron chi connectivity index (χ4n) is 3.64. The molecule has 0 unspecified atom stereocenters. The summed E-state index contributed by atoms with van der Waals surface area (Å²) in [4.78, 5) is -1.80. The molecule has 0 heterocycles. The summed E-state index contributed by atoms with van der Waals surface area (Å²) in [5.41, 5.74) is -0.258. The molecule has 0 atom stereocenters.